The van der Waals surface area contributed by atoms with Gasteiger partial charge in [-0.2, -0.15) is 5.26 Å². The number of nitrogens with one attached hydrogen (secondary N) is 1. The third kappa shape index (κ3) is 2.55. The van der Waals surface area contributed by atoms with Gasteiger partial charge in [0.15, 0.2) is 0 Å². The van der Waals surface area contributed by atoms with Gasteiger partial charge in [0.1, 0.15) is 5.41 Å². The number of carbonyl (C=O) groups is 2. The molecule has 1 fully saturated rings. The van der Waals surface area contributed by atoms with Crippen molar-refractivity contribution >= 4 is 11.9 Å². The molecule has 1 saturated carbocycles. The van der Waals surface area contributed by atoms with E-state index in [1.165, 1.54) is 0 Å². The second-order valence-corrected chi connectivity index (χ2v) is 7.11. The Morgan fingerprint density at radius 2 is 1.85 bits per heavy atom. The molecule has 0 bridgehead atoms. The van der Waals surface area contributed by atoms with Crippen LogP contribution >= 0.6 is 0 Å². The second-order valence-electron chi connectivity index (χ2n) is 7.11. The van der Waals surface area contributed by atoms with E-state index in [2.05, 4.69) is 11.4 Å². The Morgan fingerprint density at radius 1 is 1.12 bits per heavy atom. The first-order valence-electron chi connectivity index (χ1n) is 8.66. The Bertz CT molecular complexity index is 932. The van der Waals surface area contributed by atoms with Crippen LogP contribution in [-0.4, -0.2) is 23.0 Å². The summed E-state index contributed by atoms with van der Waals surface area (Å²) in [5, 5.41) is 21.7. The number of hydrogen-bond acceptors (Lipinski definition) is 3. The molecule has 0 aliphatic heterocycles. The van der Waals surface area contributed by atoms with Gasteiger partial charge in [-0.05, 0) is 48.1 Å². The Balaban J connectivity index is 1.47. The Morgan fingerprint density at radius 3 is 2.54 bits per heavy atom. The van der Waals surface area contributed by atoms with Crippen molar-refractivity contribution in [1.82, 2.24) is 5.32 Å². The van der Waals surface area contributed by atoms with Crippen LogP contribution in [0, 0.1) is 17.2 Å². The van der Waals surface area contributed by atoms with Crippen molar-refractivity contribution in [2.75, 3.05) is 0 Å². The van der Waals surface area contributed by atoms with E-state index < -0.39 is 17.3 Å². The van der Waals surface area contributed by atoms with E-state index in [1.54, 1.807) is 30.3 Å². The van der Waals surface area contributed by atoms with Crippen LogP contribution in [0.4, 0.5) is 0 Å². The first-order valence-corrected chi connectivity index (χ1v) is 8.66. The minimum atomic E-state index is -1.11. The average molecular weight is 346 g/mol. The zero-order chi connectivity index (χ0) is 18.3. The Kier molecular flexibility index (Phi) is 3.77. The fourth-order valence-corrected chi connectivity index (χ4v) is 4.09. The van der Waals surface area contributed by atoms with Crippen molar-refractivity contribution in [3.05, 3.63) is 70.8 Å². The highest BCUT2D eigenvalue weighted by Crippen LogP contribution is 2.54. The third-order valence-electron chi connectivity index (χ3n) is 5.56. The predicted molar refractivity (Wildman–Crippen MR) is 94.4 cm³/mol. The minimum absolute atomic E-state index is 0.0469. The minimum Gasteiger partial charge on any atom is -0.481 e. The summed E-state index contributed by atoms with van der Waals surface area (Å²) in [5.74, 6) is -1.69. The largest absolute Gasteiger partial charge is 0.481 e. The summed E-state index contributed by atoms with van der Waals surface area (Å²) in [6.45, 7) is 0. The van der Waals surface area contributed by atoms with Crippen LogP contribution in [0.3, 0.4) is 0 Å². The summed E-state index contributed by atoms with van der Waals surface area (Å²) >= 11 is 0. The van der Waals surface area contributed by atoms with Gasteiger partial charge >= 0.3 is 5.97 Å². The van der Waals surface area contributed by atoms with Crippen LogP contribution in [0.2, 0.25) is 0 Å². The Hall–Kier alpha value is -3.13. The van der Waals surface area contributed by atoms with Crippen LogP contribution in [0.1, 0.15) is 28.7 Å². The quantitative estimate of drug-likeness (QED) is 0.888. The van der Waals surface area contributed by atoms with E-state index in [0.717, 1.165) is 11.1 Å². The summed E-state index contributed by atoms with van der Waals surface area (Å²) in [5.41, 5.74) is 2.41. The molecule has 4 rings (SSSR count). The number of amides is 1. The topological polar surface area (TPSA) is 90.2 Å². The number of nitrogens with zero attached hydrogens (tertiary/aromatic N) is 1. The number of carboxylic acids is 1. The zero-order valence-electron chi connectivity index (χ0n) is 14.1. The number of carbonyl (C=O) groups excluding carboxylic acids is 1. The van der Waals surface area contributed by atoms with Crippen LogP contribution < -0.4 is 5.32 Å². The van der Waals surface area contributed by atoms with Crippen molar-refractivity contribution in [3.63, 3.8) is 0 Å². The molecule has 2 aromatic rings. The van der Waals surface area contributed by atoms with Crippen LogP contribution in [0.5, 0.6) is 0 Å². The lowest BCUT2D eigenvalue weighted by Crippen LogP contribution is -2.39. The third-order valence-corrected chi connectivity index (χ3v) is 5.56. The standard InChI is InChI=1S/C21H18N2O3/c22-12-13-6-7-14-9-17(10-15(14)8-13)23-19(24)18-11-21(18,20(25)26)16-4-2-1-3-5-16/h1-8,17-18H,9-11H2,(H,23,24)(H,25,26)/t17?,18-,21+/m1/s1. The van der Waals surface area contributed by atoms with Gasteiger partial charge in [0, 0.05) is 6.04 Å². The van der Waals surface area contributed by atoms with E-state index in [4.69, 9.17) is 5.26 Å². The highest BCUT2D eigenvalue weighted by Gasteiger charge is 2.65. The number of hydrogen-bond donors (Lipinski definition) is 2. The van der Waals surface area contributed by atoms with Gasteiger partial charge in [-0.3, -0.25) is 9.59 Å². The molecule has 0 aromatic heterocycles. The van der Waals surface area contributed by atoms with Crippen molar-refractivity contribution in [2.45, 2.75) is 30.7 Å². The molecule has 2 aromatic carbocycles. The lowest BCUT2D eigenvalue weighted by molar-refractivity contribution is -0.142. The summed E-state index contributed by atoms with van der Waals surface area (Å²) in [4.78, 5) is 24.6. The van der Waals surface area contributed by atoms with Gasteiger partial charge in [-0.25, -0.2) is 0 Å². The van der Waals surface area contributed by atoms with E-state index >= 15 is 0 Å². The van der Waals surface area contributed by atoms with Gasteiger partial charge in [-0.1, -0.05) is 36.4 Å². The molecular weight excluding hydrogens is 328 g/mol. The molecule has 2 aliphatic rings. The van der Waals surface area contributed by atoms with Gasteiger partial charge in [0.2, 0.25) is 5.91 Å². The van der Waals surface area contributed by atoms with Crippen LogP contribution in [0.25, 0.3) is 0 Å². The van der Waals surface area contributed by atoms with Crippen molar-refractivity contribution in [2.24, 2.45) is 5.92 Å². The monoisotopic (exact) mass is 346 g/mol. The highest BCUT2D eigenvalue weighted by molar-refractivity contribution is 5.97. The molecule has 0 spiro atoms. The summed E-state index contributed by atoms with van der Waals surface area (Å²) in [7, 11) is 0. The fraction of sp³-hybridized carbons (Fsp3) is 0.286. The van der Waals surface area contributed by atoms with E-state index in [1.807, 2.05) is 18.2 Å². The van der Waals surface area contributed by atoms with E-state index in [0.29, 0.717) is 30.4 Å². The number of rotatable bonds is 4. The molecule has 5 nitrogen and oxygen atoms in total. The maximum Gasteiger partial charge on any atom is 0.314 e. The van der Waals surface area contributed by atoms with Gasteiger partial charge in [0.25, 0.3) is 0 Å². The number of nitriles is 1. The lowest BCUT2D eigenvalue weighted by atomic mass is 9.93. The maximum atomic E-state index is 12.7. The molecule has 0 saturated heterocycles. The summed E-state index contributed by atoms with van der Waals surface area (Å²) in [6.07, 6.45) is 1.72. The summed E-state index contributed by atoms with van der Waals surface area (Å²) < 4.78 is 0. The van der Waals surface area contributed by atoms with E-state index in [9.17, 15) is 14.7 Å². The number of fused-ring (bicyclic) bond motifs is 1. The average Bonchev–Trinajstić information content (AvgIpc) is 3.30. The molecule has 5 heteroatoms. The summed E-state index contributed by atoms with van der Waals surface area (Å²) in [6, 6.07) is 16.6. The SMILES string of the molecule is N#Cc1ccc2c(c1)CC(NC(=O)[C@H]1C[C@]1(C(=O)O)c1ccccc1)C2. The van der Waals surface area contributed by atoms with Crippen molar-refractivity contribution in [1.29, 1.82) is 5.26 Å². The molecule has 2 N–H and O–H groups in total. The van der Waals surface area contributed by atoms with Crippen LogP contribution in [0.15, 0.2) is 48.5 Å². The predicted octanol–water partition coefficient (Wildman–Crippen LogP) is 2.18. The molecule has 0 heterocycles. The molecule has 0 radical (unpaired) electrons. The maximum absolute atomic E-state index is 12.7. The van der Waals surface area contributed by atoms with Gasteiger partial charge < -0.3 is 10.4 Å². The lowest BCUT2D eigenvalue weighted by Gasteiger charge is -2.15. The van der Waals surface area contributed by atoms with Crippen LogP contribution in [-0.2, 0) is 27.8 Å². The highest BCUT2D eigenvalue weighted by atomic mass is 16.4. The second kappa shape index (κ2) is 5.99. The Labute approximate surface area is 151 Å². The molecule has 26 heavy (non-hydrogen) atoms. The number of aliphatic carboxylic acids is 1. The molecule has 1 amide bonds. The number of carboxylic acid groups (broad SMARTS) is 1. The zero-order valence-corrected chi connectivity index (χ0v) is 14.1. The van der Waals surface area contributed by atoms with E-state index in [-0.39, 0.29) is 11.9 Å². The van der Waals surface area contributed by atoms with Crippen molar-refractivity contribution in [3.8, 4) is 6.07 Å². The first-order chi connectivity index (χ1) is 12.5. The molecular formula is C21H18N2O3. The fourth-order valence-electron chi connectivity index (χ4n) is 4.09. The first kappa shape index (κ1) is 16.3. The molecule has 3 atom stereocenters. The smallest absolute Gasteiger partial charge is 0.314 e. The normalized spacial score (nSPS) is 25.8. The van der Waals surface area contributed by atoms with Gasteiger partial charge in [-0.15, -0.1) is 0 Å². The van der Waals surface area contributed by atoms with Gasteiger partial charge in [0.05, 0.1) is 17.6 Å². The van der Waals surface area contributed by atoms with Crippen molar-refractivity contribution < 1.29 is 14.7 Å². The molecule has 1 unspecified atom stereocenters. The molecule has 2 aliphatic carbocycles. The molecule has 130 valence electrons. The number of benzene rings is 2.